The van der Waals surface area contributed by atoms with E-state index in [0.717, 1.165) is 30.4 Å². The zero-order chi connectivity index (χ0) is 25.0. The number of fused-ring (bicyclic) bond motifs is 2. The molecule has 1 aromatic rings. The number of nitrogens with two attached hydrogens (primary N) is 2. The highest BCUT2D eigenvalue weighted by atomic mass is 32.2. The van der Waals surface area contributed by atoms with Gasteiger partial charge in [0.05, 0.1) is 16.9 Å². The molecular weight excluding hydrogens is 455 g/mol. The summed E-state index contributed by atoms with van der Waals surface area (Å²) in [6.07, 6.45) is 4.13. The van der Waals surface area contributed by atoms with Gasteiger partial charge in [-0.3, -0.25) is 10.6 Å². The number of thioether (sulfide) groups is 1. The molecule has 0 aromatic heterocycles. The van der Waals surface area contributed by atoms with E-state index < -0.39 is 17.6 Å². The molecule has 2 aliphatic rings. The Balaban J connectivity index is 2.30. The number of anilines is 2. The van der Waals surface area contributed by atoms with Crippen LogP contribution in [-0.4, -0.2) is 36.5 Å². The number of carboxylic acids is 1. The van der Waals surface area contributed by atoms with Crippen molar-refractivity contribution in [2.24, 2.45) is 17.5 Å². The molecule has 1 aromatic carbocycles. The van der Waals surface area contributed by atoms with E-state index in [-0.39, 0.29) is 22.7 Å². The molecule has 9 heteroatoms. The summed E-state index contributed by atoms with van der Waals surface area (Å²) in [6.45, 7) is 7.56. The number of benzene rings is 1. The normalized spacial score (nSPS) is 22.9. The second-order valence-electron chi connectivity index (χ2n) is 9.11. The molecule has 2 heterocycles. The Morgan fingerprint density at radius 3 is 2.68 bits per heavy atom. The maximum Gasteiger partial charge on any atom is 0.340 e. The average Bonchev–Trinajstić information content (AvgIpc) is 3.28. The predicted octanol–water partition coefficient (Wildman–Crippen LogP) is 4.50. The highest BCUT2D eigenvalue weighted by Gasteiger charge is 2.34. The molecule has 2 bridgehead atoms. The van der Waals surface area contributed by atoms with Gasteiger partial charge >= 0.3 is 5.97 Å². The van der Waals surface area contributed by atoms with Crippen molar-refractivity contribution < 1.29 is 19.1 Å². The van der Waals surface area contributed by atoms with Gasteiger partial charge in [-0.05, 0) is 74.9 Å². The number of nitrogens with one attached hydrogen (secondary N) is 1. The van der Waals surface area contributed by atoms with E-state index in [4.69, 9.17) is 11.6 Å². The van der Waals surface area contributed by atoms with Crippen molar-refractivity contribution >= 4 is 34.9 Å². The molecule has 1 saturated heterocycles. The number of ketones is 1. The third kappa shape index (κ3) is 5.16. The Morgan fingerprint density at radius 2 is 2.09 bits per heavy atom. The van der Waals surface area contributed by atoms with Crippen LogP contribution in [0.2, 0.25) is 0 Å². The minimum Gasteiger partial charge on any atom is -0.478 e. The number of allylic oxidation sites excluding steroid dienone is 2. The van der Waals surface area contributed by atoms with Crippen molar-refractivity contribution in [1.29, 1.82) is 0 Å². The fraction of sp³-hybridized carbons (Fsp3) is 0.520. The molecule has 0 spiro atoms. The van der Waals surface area contributed by atoms with Crippen molar-refractivity contribution in [2.45, 2.75) is 59.3 Å². The fourth-order valence-corrected chi connectivity index (χ4v) is 5.78. The standard InChI is InChI=1S/C25H35FN4O3S/c1-4-5-6-18-20(25(32)33)24(31)19-15(3)17(8-7-14(2)13-34-18)23(21(26)22(19)29-28)30-10-9-16(11-27)12-30/h13,16,29H,4-12,27-28H2,1-3H3,(H,32,33)/b14-13+,20-18-. The molecule has 3 rings (SSSR count). The van der Waals surface area contributed by atoms with Crippen molar-refractivity contribution in [3.8, 4) is 0 Å². The Hall–Kier alpha value is -2.36. The molecule has 0 radical (unpaired) electrons. The number of hydrogen-bond donors (Lipinski definition) is 4. The van der Waals surface area contributed by atoms with Crippen molar-refractivity contribution in [2.75, 3.05) is 30.0 Å². The van der Waals surface area contributed by atoms with Gasteiger partial charge < -0.3 is 21.2 Å². The molecule has 0 saturated carbocycles. The number of hydrogen-bond acceptors (Lipinski definition) is 7. The minimum absolute atomic E-state index is 0.000117. The topological polar surface area (TPSA) is 122 Å². The molecule has 186 valence electrons. The summed E-state index contributed by atoms with van der Waals surface area (Å²) in [4.78, 5) is 28.6. The summed E-state index contributed by atoms with van der Waals surface area (Å²) in [5.74, 6) is 3.38. The van der Waals surface area contributed by atoms with Gasteiger partial charge in [0, 0.05) is 18.0 Å². The highest BCUT2D eigenvalue weighted by Crippen LogP contribution is 2.42. The van der Waals surface area contributed by atoms with Gasteiger partial charge in [-0.2, -0.15) is 0 Å². The van der Waals surface area contributed by atoms with Crippen LogP contribution in [0.25, 0.3) is 0 Å². The first-order valence-electron chi connectivity index (χ1n) is 11.8. The monoisotopic (exact) mass is 490 g/mol. The number of carboxylic acid groups (broad SMARTS) is 1. The largest absolute Gasteiger partial charge is 0.478 e. The van der Waals surface area contributed by atoms with Crippen molar-refractivity contribution in [1.82, 2.24) is 0 Å². The minimum atomic E-state index is -1.31. The zero-order valence-corrected chi connectivity index (χ0v) is 21.0. The number of Topliss-reactive ketones (excluding diaryl/α,β-unsaturated/α-hetero) is 1. The van der Waals surface area contributed by atoms with Gasteiger partial charge in [0.1, 0.15) is 5.57 Å². The summed E-state index contributed by atoms with van der Waals surface area (Å²) in [7, 11) is 0. The number of rotatable bonds is 7. The Kier molecular flexibility index (Phi) is 8.78. The first kappa shape index (κ1) is 26.2. The van der Waals surface area contributed by atoms with E-state index in [0.29, 0.717) is 55.1 Å². The van der Waals surface area contributed by atoms with Gasteiger partial charge in [-0.25, -0.2) is 9.18 Å². The van der Waals surface area contributed by atoms with Gasteiger partial charge in [0.25, 0.3) is 0 Å². The molecule has 2 aliphatic heterocycles. The second-order valence-corrected chi connectivity index (χ2v) is 10.1. The first-order valence-corrected chi connectivity index (χ1v) is 12.7. The third-order valence-corrected chi connectivity index (χ3v) is 7.96. The maximum absolute atomic E-state index is 16.1. The quantitative estimate of drug-likeness (QED) is 0.250. The van der Waals surface area contributed by atoms with Crippen LogP contribution in [0.4, 0.5) is 15.8 Å². The lowest BCUT2D eigenvalue weighted by Gasteiger charge is -2.28. The van der Waals surface area contributed by atoms with E-state index >= 15 is 4.39 Å². The molecule has 1 unspecified atom stereocenters. The molecule has 6 N–H and O–H groups in total. The summed E-state index contributed by atoms with van der Waals surface area (Å²) in [5.41, 5.74) is 10.5. The molecule has 34 heavy (non-hydrogen) atoms. The van der Waals surface area contributed by atoms with E-state index in [1.165, 1.54) is 11.8 Å². The van der Waals surface area contributed by atoms with Gasteiger partial charge in [0.15, 0.2) is 5.82 Å². The maximum atomic E-state index is 16.1. The van der Waals surface area contributed by atoms with Crippen LogP contribution in [0.3, 0.4) is 0 Å². The predicted molar refractivity (Wildman–Crippen MR) is 137 cm³/mol. The molecule has 0 amide bonds. The highest BCUT2D eigenvalue weighted by molar-refractivity contribution is 8.05. The van der Waals surface area contributed by atoms with Crippen LogP contribution in [0.5, 0.6) is 0 Å². The lowest BCUT2D eigenvalue weighted by atomic mass is 9.88. The summed E-state index contributed by atoms with van der Waals surface area (Å²) < 4.78 is 16.1. The molecule has 1 fully saturated rings. The lowest BCUT2D eigenvalue weighted by Crippen LogP contribution is -2.28. The van der Waals surface area contributed by atoms with Gasteiger partial charge in [-0.15, -0.1) is 11.8 Å². The van der Waals surface area contributed by atoms with E-state index in [9.17, 15) is 14.7 Å². The number of nitrogen functional groups attached to an aromatic ring is 1. The Bertz CT molecular complexity index is 1040. The Morgan fingerprint density at radius 1 is 1.35 bits per heavy atom. The molecule has 1 atom stereocenters. The Labute approximate surface area is 204 Å². The molecular formula is C25H35FN4O3S. The number of nitrogens with zero attached hydrogens (tertiary/aromatic N) is 1. The second kappa shape index (κ2) is 11.4. The van der Waals surface area contributed by atoms with Crippen LogP contribution in [0.1, 0.15) is 67.4 Å². The first-order chi connectivity index (χ1) is 16.2. The smallest absolute Gasteiger partial charge is 0.340 e. The zero-order valence-electron chi connectivity index (χ0n) is 20.2. The van der Waals surface area contributed by atoms with E-state index in [2.05, 4.69) is 5.43 Å². The molecule has 0 aliphatic carbocycles. The average molecular weight is 491 g/mol. The third-order valence-electron chi connectivity index (χ3n) is 6.75. The van der Waals surface area contributed by atoms with Crippen molar-refractivity contribution in [3.05, 3.63) is 44.0 Å². The van der Waals surface area contributed by atoms with Crippen LogP contribution in [0, 0.1) is 18.7 Å². The summed E-state index contributed by atoms with van der Waals surface area (Å²) in [6, 6.07) is 0. The van der Waals surface area contributed by atoms with Crippen LogP contribution in [-0.2, 0) is 11.2 Å². The molecule has 7 nitrogen and oxygen atoms in total. The summed E-state index contributed by atoms with van der Waals surface area (Å²) >= 11 is 1.28. The number of carbonyl (C=O) groups excluding carboxylic acids is 1. The number of halogens is 1. The van der Waals surface area contributed by atoms with Crippen molar-refractivity contribution in [3.63, 3.8) is 0 Å². The number of hydrazine groups is 1. The van der Waals surface area contributed by atoms with Gasteiger partial charge in [0.2, 0.25) is 5.78 Å². The number of carbonyl (C=O) groups is 2. The van der Waals surface area contributed by atoms with Crippen LogP contribution >= 0.6 is 11.8 Å². The summed E-state index contributed by atoms with van der Waals surface area (Å²) in [5, 5.41) is 12.0. The SMILES string of the molecule is CCCC/C1=C(/C(=O)O)C(=O)c2c(C)c(c(N3CCC(CN)C3)c(F)c2NN)CC/C(C)=C/S1. The lowest BCUT2D eigenvalue weighted by molar-refractivity contribution is -0.132. The number of aliphatic carboxylic acids is 1. The fourth-order valence-electron chi connectivity index (χ4n) is 4.76. The van der Waals surface area contributed by atoms with Crippen LogP contribution < -0.4 is 21.9 Å². The van der Waals surface area contributed by atoms with Gasteiger partial charge in [-0.1, -0.05) is 18.9 Å². The van der Waals surface area contributed by atoms with E-state index in [1.807, 2.05) is 24.2 Å². The number of unbranched alkanes of at least 4 members (excludes halogenated alkanes) is 1. The van der Waals surface area contributed by atoms with Crippen LogP contribution in [0.15, 0.2) is 21.5 Å². The van der Waals surface area contributed by atoms with E-state index in [1.54, 1.807) is 6.92 Å².